The number of carbonyl (C=O) groups is 3. The van der Waals surface area contributed by atoms with Gasteiger partial charge in [-0.05, 0) is 42.9 Å². The Hall–Kier alpha value is -1.93. The second kappa shape index (κ2) is 12.1. The minimum absolute atomic E-state index is 0.0142. The third-order valence-corrected chi connectivity index (χ3v) is 5.66. The monoisotopic (exact) mass is 481 g/mol. The van der Waals surface area contributed by atoms with Crippen LogP contribution in [0.4, 0.5) is 0 Å². The minimum atomic E-state index is -0.601. The molecule has 0 aliphatic carbocycles. The second-order valence-electron chi connectivity index (χ2n) is 8.07. The molecule has 0 unspecified atom stereocenters. The molecule has 0 aromatic heterocycles. The molecular weight excluding hydrogens is 450 g/mol. The maximum Gasteiger partial charge on any atom is 0.253 e. The molecule has 1 aliphatic heterocycles. The standard InChI is InChI=1S/C22H32BrN3O4/c1-15(2)13-19(27)25-20(21(28)24-9-12-30-3)16-7-10-26(11-8-16)22(29)17-5-4-6-18(23)14-17/h4-6,14-16,20H,7-13H2,1-3H3,(H,24,28)(H,25,27)/t20-/m1/s1. The van der Waals surface area contributed by atoms with Crippen molar-refractivity contribution in [2.24, 2.45) is 11.8 Å². The van der Waals surface area contributed by atoms with E-state index in [2.05, 4.69) is 26.6 Å². The lowest BCUT2D eigenvalue weighted by molar-refractivity contribution is -0.131. The highest BCUT2D eigenvalue weighted by Crippen LogP contribution is 2.23. The summed E-state index contributed by atoms with van der Waals surface area (Å²) in [5.74, 6) is -0.132. The van der Waals surface area contributed by atoms with Crippen LogP contribution in [0, 0.1) is 11.8 Å². The summed E-state index contributed by atoms with van der Waals surface area (Å²) >= 11 is 3.40. The third kappa shape index (κ3) is 7.40. The van der Waals surface area contributed by atoms with Crippen molar-refractivity contribution in [3.8, 4) is 0 Å². The van der Waals surface area contributed by atoms with Crippen LogP contribution in [0.1, 0.15) is 43.5 Å². The molecular formula is C22H32BrN3O4. The van der Waals surface area contributed by atoms with Gasteiger partial charge in [0.2, 0.25) is 11.8 Å². The quantitative estimate of drug-likeness (QED) is 0.530. The van der Waals surface area contributed by atoms with Crippen molar-refractivity contribution in [1.82, 2.24) is 15.5 Å². The minimum Gasteiger partial charge on any atom is -0.383 e. The number of piperidine rings is 1. The average molecular weight is 482 g/mol. The molecule has 2 rings (SSSR count). The Kier molecular flexibility index (Phi) is 9.78. The molecule has 0 saturated carbocycles. The topological polar surface area (TPSA) is 87.7 Å². The van der Waals surface area contributed by atoms with Gasteiger partial charge in [0, 0.05) is 43.2 Å². The molecule has 30 heavy (non-hydrogen) atoms. The molecule has 1 aromatic carbocycles. The van der Waals surface area contributed by atoms with E-state index in [0.717, 1.165) is 4.47 Å². The number of carbonyl (C=O) groups excluding carboxylic acids is 3. The molecule has 3 amide bonds. The first-order chi connectivity index (χ1) is 14.3. The molecule has 0 bridgehead atoms. The van der Waals surface area contributed by atoms with Gasteiger partial charge in [-0.15, -0.1) is 0 Å². The van der Waals surface area contributed by atoms with Gasteiger partial charge in [-0.25, -0.2) is 0 Å². The summed E-state index contributed by atoms with van der Waals surface area (Å²) in [6.07, 6.45) is 1.69. The molecule has 166 valence electrons. The first kappa shape index (κ1) is 24.3. The van der Waals surface area contributed by atoms with Crippen LogP contribution >= 0.6 is 15.9 Å². The highest BCUT2D eigenvalue weighted by molar-refractivity contribution is 9.10. The first-order valence-corrected chi connectivity index (χ1v) is 11.2. The summed E-state index contributed by atoms with van der Waals surface area (Å²) in [6, 6.07) is 6.74. The van der Waals surface area contributed by atoms with Crippen LogP contribution in [0.25, 0.3) is 0 Å². The van der Waals surface area contributed by atoms with E-state index in [0.29, 0.717) is 51.1 Å². The number of benzene rings is 1. The Balaban J connectivity index is 2.00. The van der Waals surface area contributed by atoms with E-state index >= 15 is 0 Å². The smallest absolute Gasteiger partial charge is 0.253 e. The average Bonchev–Trinajstić information content (AvgIpc) is 2.71. The van der Waals surface area contributed by atoms with Crippen LogP contribution in [0.3, 0.4) is 0 Å². The van der Waals surface area contributed by atoms with Crippen molar-refractivity contribution >= 4 is 33.7 Å². The van der Waals surface area contributed by atoms with E-state index < -0.39 is 6.04 Å². The van der Waals surface area contributed by atoms with Crippen LogP contribution < -0.4 is 10.6 Å². The molecule has 8 heteroatoms. The first-order valence-electron chi connectivity index (χ1n) is 10.4. The fourth-order valence-electron chi connectivity index (χ4n) is 3.63. The van der Waals surface area contributed by atoms with Gasteiger partial charge in [-0.2, -0.15) is 0 Å². The largest absolute Gasteiger partial charge is 0.383 e. The van der Waals surface area contributed by atoms with Gasteiger partial charge in [-0.3, -0.25) is 14.4 Å². The third-order valence-electron chi connectivity index (χ3n) is 5.17. The van der Waals surface area contributed by atoms with Gasteiger partial charge in [0.05, 0.1) is 6.61 Å². The summed E-state index contributed by atoms with van der Waals surface area (Å²) in [5, 5.41) is 5.77. The van der Waals surface area contributed by atoms with Crippen molar-refractivity contribution in [2.75, 3.05) is 33.4 Å². The van der Waals surface area contributed by atoms with Crippen molar-refractivity contribution < 1.29 is 19.1 Å². The Morgan fingerprint density at radius 1 is 1.23 bits per heavy atom. The number of likely N-dealkylation sites (tertiary alicyclic amines) is 1. The fourth-order valence-corrected chi connectivity index (χ4v) is 4.03. The van der Waals surface area contributed by atoms with E-state index in [-0.39, 0.29) is 29.6 Å². The van der Waals surface area contributed by atoms with Crippen LogP contribution in [-0.4, -0.2) is 62.0 Å². The zero-order chi connectivity index (χ0) is 22.1. The van der Waals surface area contributed by atoms with E-state index in [1.165, 1.54) is 0 Å². The van der Waals surface area contributed by atoms with Gasteiger partial charge in [0.15, 0.2) is 0 Å². The van der Waals surface area contributed by atoms with Crippen molar-refractivity contribution in [2.45, 2.75) is 39.2 Å². The molecule has 1 atom stereocenters. The summed E-state index contributed by atoms with van der Waals surface area (Å²) in [5.41, 5.74) is 0.641. The van der Waals surface area contributed by atoms with E-state index in [1.807, 2.05) is 36.9 Å². The van der Waals surface area contributed by atoms with E-state index in [4.69, 9.17) is 4.74 Å². The number of hydrogen-bond donors (Lipinski definition) is 2. The molecule has 0 radical (unpaired) electrons. The van der Waals surface area contributed by atoms with Gasteiger partial charge in [0.1, 0.15) is 6.04 Å². The summed E-state index contributed by atoms with van der Waals surface area (Å²) in [4.78, 5) is 39.7. The van der Waals surface area contributed by atoms with Crippen LogP contribution in [0.15, 0.2) is 28.7 Å². The molecule has 7 nitrogen and oxygen atoms in total. The second-order valence-corrected chi connectivity index (χ2v) is 8.98. The maximum atomic E-state index is 12.8. The van der Waals surface area contributed by atoms with Crippen LogP contribution in [-0.2, 0) is 14.3 Å². The van der Waals surface area contributed by atoms with Gasteiger partial charge >= 0.3 is 0 Å². The molecule has 1 fully saturated rings. The molecule has 1 saturated heterocycles. The van der Waals surface area contributed by atoms with Crippen LogP contribution in [0.2, 0.25) is 0 Å². The van der Waals surface area contributed by atoms with E-state index in [1.54, 1.807) is 13.2 Å². The summed E-state index contributed by atoms with van der Waals surface area (Å²) in [6.45, 7) is 5.86. The lowest BCUT2D eigenvalue weighted by Gasteiger charge is -2.36. The number of amides is 3. The Bertz CT molecular complexity index is 733. The number of methoxy groups -OCH3 is 1. The van der Waals surface area contributed by atoms with Gasteiger partial charge in [-0.1, -0.05) is 35.8 Å². The Labute approximate surface area is 187 Å². The van der Waals surface area contributed by atoms with Gasteiger partial charge < -0.3 is 20.3 Å². The van der Waals surface area contributed by atoms with E-state index in [9.17, 15) is 14.4 Å². The zero-order valence-corrected chi connectivity index (χ0v) is 19.5. The zero-order valence-electron chi connectivity index (χ0n) is 17.9. The predicted molar refractivity (Wildman–Crippen MR) is 119 cm³/mol. The van der Waals surface area contributed by atoms with Crippen molar-refractivity contribution in [3.63, 3.8) is 0 Å². The normalized spacial score (nSPS) is 15.7. The molecule has 1 aromatic rings. The predicted octanol–water partition coefficient (Wildman–Crippen LogP) is 2.59. The number of rotatable bonds is 9. The molecule has 1 heterocycles. The number of hydrogen-bond acceptors (Lipinski definition) is 4. The highest BCUT2D eigenvalue weighted by atomic mass is 79.9. The SMILES string of the molecule is COCCNC(=O)[C@H](NC(=O)CC(C)C)C1CCN(C(=O)c2cccc(Br)c2)CC1. The Morgan fingerprint density at radius 3 is 2.53 bits per heavy atom. The lowest BCUT2D eigenvalue weighted by Crippen LogP contribution is -2.54. The summed E-state index contributed by atoms with van der Waals surface area (Å²) < 4.78 is 5.86. The number of ether oxygens (including phenoxy) is 1. The number of nitrogens with one attached hydrogen (secondary N) is 2. The lowest BCUT2D eigenvalue weighted by atomic mass is 9.88. The number of halogens is 1. The molecule has 0 spiro atoms. The highest BCUT2D eigenvalue weighted by Gasteiger charge is 2.34. The molecule has 2 N–H and O–H groups in total. The fraction of sp³-hybridized carbons (Fsp3) is 0.591. The van der Waals surface area contributed by atoms with Crippen molar-refractivity contribution in [3.05, 3.63) is 34.3 Å². The Morgan fingerprint density at radius 2 is 1.93 bits per heavy atom. The maximum absolute atomic E-state index is 12.8. The van der Waals surface area contributed by atoms with Crippen molar-refractivity contribution in [1.29, 1.82) is 0 Å². The van der Waals surface area contributed by atoms with Gasteiger partial charge in [0.25, 0.3) is 5.91 Å². The molecule has 1 aliphatic rings. The summed E-state index contributed by atoms with van der Waals surface area (Å²) in [7, 11) is 1.58. The number of nitrogens with zero attached hydrogens (tertiary/aromatic N) is 1. The van der Waals surface area contributed by atoms with Crippen LogP contribution in [0.5, 0.6) is 0 Å².